The number of carbonyl (C=O) groups is 1. The van der Waals surface area contributed by atoms with Gasteiger partial charge in [0.15, 0.2) is 6.10 Å². The van der Waals surface area contributed by atoms with Gasteiger partial charge in [0.2, 0.25) is 0 Å². The van der Waals surface area contributed by atoms with Crippen LogP contribution in [0.2, 0.25) is 0 Å². The number of benzene rings is 2. The lowest BCUT2D eigenvalue weighted by molar-refractivity contribution is -0.160. The largest absolute Gasteiger partial charge is 0.497 e. The molecule has 1 saturated heterocycles. The molecule has 0 radical (unpaired) electrons. The molecule has 3 aromatic rings. The maximum absolute atomic E-state index is 12.7. The van der Waals surface area contributed by atoms with Crippen molar-refractivity contribution in [1.29, 1.82) is 0 Å². The Bertz CT molecular complexity index is 1380. The molecular formula is C36H49N3O4. The number of hydrogen-bond acceptors (Lipinski definition) is 6. The second kappa shape index (κ2) is 13.5. The number of nitrogens with one attached hydrogen (secondary N) is 1. The van der Waals surface area contributed by atoms with Crippen molar-refractivity contribution < 1.29 is 19.4 Å². The normalized spacial score (nSPS) is 15.8. The zero-order valence-corrected chi connectivity index (χ0v) is 27.2. The summed E-state index contributed by atoms with van der Waals surface area (Å²) in [6, 6.07) is 16.8. The number of methoxy groups -OCH3 is 1. The molecule has 1 fully saturated rings. The number of aromatic nitrogens is 1. The number of rotatable bonds is 11. The highest BCUT2D eigenvalue weighted by Crippen LogP contribution is 2.44. The van der Waals surface area contributed by atoms with Crippen LogP contribution < -0.4 is 15.0 Å². The molecule has 232 valence electrons. The highest BCUT2D eigenvalue weighted by Gasteiger charge is 2.36. The maximum atomic E-state index is 12.7. The van der Waals surface area contributed by atoms with Gasteiger partial charge in [-0.15, -0.1) is 0 Å². The first kappa shape index (κ1) is 32.5. The van der Waals surface area contributed by atoms with E-state index in [0.29, 0.717) is 11.3 Å². The topological polar surface area (TPSA) is 83.9 Å². The summed E-state index contributed by atoms with van der Waals surface area (Å²) in [6.07, 6.45) is 1.89. The molecule has 1 atom stereocenters. The Balaban J connectivity index is 1.63. The van der Waals surface area contributed by atoms with Crippen molar-refractivity contribution in [3.8, 4) is 16.9 Å². The minimum Gasteiger partial charge on any atom is -0.497 e. The summed E-state index contributed by atoms with van der Waals surface area (Å²) < 4.78 is 11.5. The zero-order valence-electron chi connectivity index (χ0n) is 27.2. The van der Waals surface area contributed by atoms with Crippen LogP contribution in [-0.2, 0) is 22.5 Å². The Kier molecular flexibility index (Phi) is 10.2. The molecule has 0 bridgehead atoms. The van der Waals surface area contributed by atoms with Gasteiger partial charge in [0.05, 0.1) is 18.4 Å². The first-order valence-electron chi connectivity index (χ1n) is 15.4. The molecule has 7 heteroatoms. The Morgan fingerprint density at radius 2 is 1.60 bits per heavy atom. The molecule has 1 aromatic heterocycles. The number of piperidine rings is 1. The minimum atomic E-state index is -1.12. The molecule has 43 heavy (non-hydrogen) atoms. The van der Waals surface area contributed by atoms with Crippen LogP contribution in [-0.4, -0.2) is 48.4 Å². The van der Waals surface area contributed by atoms with Gasteiger partial charge in [0, 0.05) is 42.1 Å². The monoisotopic (exact) mass is 587 g/mol. The van der Waals surface area contributed by atoms with E-state index in [1.54, 1.807) is 7.11 Å². The third kappa shape index (κ3) is 8.36. The van der Waals surface area contributed by atoms with Crippen LogP contribution in [0.5, 0.6) is 5.75 Å². The number of aliphatic carboxylic acids is 1. The Labute approximate surface area is 257 Å². The van der Waals surface area contributed by atoms with E-state index < -0.39 is 17.7 Å². The molecule has 7 nitrogen and oxygen atoms in total. The van der Waals surface area contributed by atoms with E-state index in [9.17, 15) is 9.90 Å². The summed E-state index contributed by atoms with van der Waals surface area (Å²) >= 11 is 0. The van der Waals surface area contributed by atoms with Crippen LogP contribution in [0.3, 0.4) is 0 Å². The van der Waals surface area contributed by atoms with Crippen molar-refractivity contribution >= 4 is 11.7 Å². The molecule has 0 aliphatic carbocycles. The van der Waals surface area contributed by atoms with Crippen LogP contribution in [0.1, 0.15) is 81.6 Å². The lowest BCUT2D eigenvalue weighted by Gasteiger charge is -2.41. The van der Waals surface area contributed by atoms with Crippen LogP contribution in [0.15, 0.2) is 48.5 Å². The van der Waals surface area contributed by atoms with Crippen molar-refractivity contribution in [3.05, 3.63) is 76.6 Å². The van der Waals surface area contributed by atoms with E-state index in [2.05, 4.69) is 60.5 Å². The summed E-state index contributed by atoms with van der Waals surface area (Å²) in [6.45, 7) is 17.6. The zero-order chi connectivity index (χ0) is 31.4. The molecule has 4 rings (SSSR count). The van der Waals surface area contributed by atoms with Gasteiger partial charge in [0.25, 0.3) is 0 Å². The predicted molar refractivity (Wildman–Crippen MR) is 174 cm³/mol. The van der Waals surface area contributed by atoms with Gasteiger partial charge < -0.3 is 24.8 Å². The second-order valence-electron chi connectivity index (χ2n) is 13.5. The van der Waals surface area contributed by atoms with E-state index in [0.717, 1.165) is 73.7 Å². The Morgan fingerprint density at radius 3 is 2.16 bits per heavy atom. The van der Waals surface area contributed by atoms with Gasteiger partial charge in [-0.3, -0.25) is 4.98 Å². The van der Waals surface area contributed by atoms with Crippen molar-refractivity contribution in [3.63, 3.8) is 0 Å². The van der Waals surface area contributed by atoms with E-state index in [-0.39, 0.29) is 5.41 Å². The Hall–Kier alpha value is -3.42. The highest BCUT2D eigenvalue weighted by atomic mass is 16.5. The molecule has 0 spiro atoms. The van der Waals surface area contributed by atoms with Gasteiger partial charge >= 0.3 is 5.97 Å². The van der Waals surface area contributed by atoms with E-state index in [4.69, 9.17) is 14.5 Å². The fourth-order valence-corrected chi connectivity index (χ4v) is 5.80. The van der Waals surface area contributed by atoms with Gasteiger partial charge in [-0.1, -0.05) is 50.2 Å². The smallest absolute Gasteiger partial charge is 0.337 e. The first-order chi connectivity index (χ1) is 20.3. The number of anilines is 1. The van der Waals surface area contributed by atoms with Crippen LogP contribution in [0, 0.1) is 19.3 Å². The van der Waals surface area contributed by atoms with Gasteiger partial charge in [-0.2, -0.15) is 0 Å². The predicted octanol–water partition coefficient (Wildman–Crippen LogP) is 7.27. The van der Waals surface area contributed by atoms with Crippen molar-refractivity contribution in [1.82, 2.24) is 10.3 Å². The standard InChI is InChI=1S/C36H49N3O4/c1-24-30(28-13-9-27(10-14-28)23-37-20-17-26-11-15-29(42-8)16-12-26)32(39-21-18-36(6,7)19-22-39)31(25(2)38-24)33(34(40)41)43-35(3,4)5/h9-16,33,37H,17-23H2,1-8H3,(H,40,41)/t33-/m0/s1. The number of nitrogens with zero attached hydrogens (tertiary/aromatic N) is 2. The minimum absolute atomic E-state index is 0.254. The summed E-state index contributed by atoms with van der Waals surface area (Å²) in [5.74, 6) is -0.125. The summed E-state index contributed by atoms with van der Waals surface area (Å²) in [7, 11) is 1.68. The number of aryl methyl sites for hydroxylation is 2. The van der Waals surface area contributed by atoms with E-state index in [1.807, 2.05) is 46.8 Å². The van der Waals surface area contributed by atoms with Crippen molar-refractivity contribution in [2.24, 2.45) is 5.41 Å². The number of carboxylic acids is 1. The average Bonchev–Trinajstić information content (AvgIpc) is 2.94. The quantitative estimate of drug-likeness (QED) is 0.228. The molecule has 0 saturated carbocycles. The maximum Gasteiger partial charge on any atom is 0.337 e. The highest BCUT2D eigenvalue weighted by molar-refractivity contribution is 5.88. The second-order valence-corrected chi connectivity index (χ2v) is 13.5. The molecule has 2 N–H and O–H groups in total. The van der Waals surface area contributed by atoms with Crippen LogP contribution >= 0.6 is 0 Å². The molecule has 0 unspecified atom stereocenters. The van der Waals surface area contributed by atoms with Crippen LogP contribution in [0.25, 0.3) is 11.1 Å². The van der Waals surface area contributed by atoms with E-state index >= 15 is 0 Å². The van der Waals surface area contributed by atoms with Gasteiger partial charge in [0.1, 0.15) is 5.75 Å². The first-order valence-corrected chi connectivity index (χ1v) is 15.4. The molecule has 2 aromatic carbocycles. The fraction of sp³-hybridized carbons (Fsp3) is 0.500. The van der Waals surface area contributed by atoms with Crippen LogP contribution in [0.4, 0.5) is 5.69 Å². The SMILES string of the molecule is COc1ccc(CCNCc2ccc(-c3c(C)nc(C)c([C@H](OC(C)(C)C)C(=O)O)c3N3CCC(C)(C)CC3)cc2)cc1. The lowest BCUT2D eigenvalue weighted by Crippen LogP contribution is -2.39. The third-order valence-corrected chi connectivity index (χ3v) is 8.29. The molecule has 1 aliphatic heterocycles. The summed E-state index contributed by atoms with van der Waals surface area (Å²) in [5, 5.41) is 14.0. The Morgan fingerprint density at radius 1 is 1.00 bits per heavy atom. The van der Waals surface area contributed by atoms with Gasteiger partial charge in [-0.25, -0.2) is 4.79 Å². The average molecular weight is 588 g/mol. The van der Waals surface area contributed by atoms with Gasteiger partial charge in [-0.05, 0) is 94.7 Å². The summed E-state index contributed by atoms with van der Waals surface area (Å²) in [4.78, 5) is 20.0. The van der Waals surface area contributed by atoms with Crippen molar-refractivity contribution in [2.75, 3.05) is 31.6 Å². The number of hydrogen-bond donors (Lipinski definition) is 2. The molecule has 1 aliphatic rings. The molecule has 2 heterocycles. The number of pyridine rings is 1. The molecular weight excluding hydrogens is 538 g/mol. The van der Waals surface area contributed by atoms with Crippen molar-refractivity contribution in [2.45, 2.75) is 86.0 Å². The third-order valence-electron chi connectivity index (χ3n) is 8.29. The number of carboxylic acid groups (broad SMARTS) is 1. The number of ether oxygens (including phenoxy) is 2. The fourth-order valence-electron chi connectivity index (χ4n) is 5.80. The summed E-state index contributed by atoms with van der Waals surface area (Å²) in [5.41, 5.74) is 7.31. The molecule has 0 amide bonds. The lowest BCUT2D eigenvalue weighted by atomic mass is 9.81. The van der Waals surface area contributed by atoms with E-state index in [1.165, 1.54) is 11.1 Å².